The Morgan fingerprint density at radius 2 is 2.12 bits per heavy atom. The SMILES string of the molecule is CN(CC(=O)O)C(=O)NC1CCN(C2CC2)C1. The Bertz CT molecular complexity index is 317. The van der Waals surface area contributed by atoms with Crippen molar-refractivity contribution in [2.24, 2.45) is 0 Å². The zero-order chi connectivity index (χ0) is 12.4. The van der Waals surface area contributed by atoms with Gasteiger partial charge in [0.25, 0.3) is 0 Å². The van der Waals surface area contributed by atoms with Crippen LogP contribution in [-0.2, 0) is 4.79 Å². The highest BCUT2D eigenvalue weighted by atomic mass is 16.4. The average molecular weight is 241 g/mol. The molecule has 1 heterocycles. The zero-order valence-electron chi connectivity index (χ0n) is 10.1. The van der Waals surface area contributed by atoms with Gasteiger partial charge < -0.3 is 15.3 Å². The minimum atomic E-state index is -0.992. The van der Waals surface area contributed by atoms with E-state index in [2.05, 4.69) is 10.2 Å². The summed E-state index contributed by atoms with van der Waals surface area (Å²) >= 11 is 0. The molecule has 6 heteroatoms. The van der Waals surface area contributed by atoms with Gasteiger partial charge in [-0.1, -0.05) is 0 Å². The summed E-state index contributed by atoms with van der Waals surface area (Å²) in [5.41, 5.74) is 0. The van der Waals surface area contributed by atoms with Gasteiger partial charge >= 0.3 is 12.0 Å². The number of likely N-dealkylation sites (N-methyl/N-ethyl adjacent to an activating group) is 1. The number of urea groups is 1. The summed E-state index contributed by atoms with van der Waals surface area (Å²) in [6.45, 7) is 1.68. The number of likely N-dealkylation sites (tertiary alicyclic amines) is 1. The van der Waals surface area contributed by atoms with Crippen molar-refractivity contribution < 1.29 is 14.7 Å². The highest BCUT2D eigenvalue weighted by Gasteiger charge is 2.35. The maximum atomic E-state index is 11.7. The summed E-state index contributed by atoms with van der Waals surface area (Å²) in [7, 11) is 1.50. The molecule has 96 valence electrons. The molecule has 0 aromatic rings. The van der Waals surface area contributed by atoms with Gasteiger partial charge in [-0.25, -0.2) is 4.79 Å². The Balaban J connectivity index is 1.73. The van der Waals surface area contributed by atoms with Crippen LogP contribution in [0.3, 0.4) is 0 Å². The lowest BCUT2D eigenvalue weighted by atomic mass is 10.3. The van der Waals surface area contributed by atoms with E-state index in [1.165, 1.54) is 24.8 Å². The van der Waals surface area contributed by atoms with E-state index in [0.717, 1.165) is 25.6 Å². The summed E-state index contributed by atoms with van der Waals surface area (Å²) in [5, 5.41) is 11.5. The predicted molar refractivity (Wildman–Crippen MR) is 61.8 cm³/mol. The number of hydrogen-bond donors (Lipinski definition) is 2. The molecule has 2 rings (SSSR count). The second-order valence-corrected chi connectivity index (χ2v) is 4.91. The van der Waals surface area contributed by atoms with Gasteiger partial charge in [-0.3, -0.25) is 9.69 Å². The number of carboxylic acid groups (broad SMARTS) is 1. The van der Waals surface area contributed by atoms with E-state index in [0.29, 0.717) is 0 Å². The lowest BCUT2D eigenvalue weighted by Crippen LogP contribution is -2.45. The van der Waals surface area contributed by atoms with Gasteiger partial charge in [-0.05, 0) is 19.3 Å². The van der Waals surface area contributed by atoms with Gasteiger partial charge in [0.15, 0.2) is 0 Å². The fourth-order valence-corrected chi connectivity index (χ4v) is 2.24. The maximum Gasteiger partial charge on any atom is 0.323 e. The van der Waals surface area contributed by atoms with Crippen LogP contribution in [-0.4, -0.2) is 65.7 Å². The smallest absolute Gasteiger partial charge is 0.323 e. The molecule has 0 spiro atoms. The van der Waals surface area contributed by atoms with Crippen molar-refractivity contribution in [2.75, 3.05) is 26.7 Å². The molecule has 0 aromatic heterocycles. The van der Waals surface area contributed by atoms with Crippen molar-refractivity contribution in [1.82, 2.24) is 15.1 Å². The molecule has 1 aliphatic heterocycles. The normalized spacial score (nSPS) is 24.6. The van der Waals surface area contributed by atoms with Gasteiger partial charge in [0, 0.05) is 32.2 Å². The number of nitrogens with one attached hydrogen (secondary N) is 1. The van der Waals surface area contributed by atoms with Crippen molar-refractivity contribution in [1.29, 1.82) is 0 Å². The van der Waals surface area contributed by atoms with Crippen LogP contribution in [0.25, 0.3) is 0 Å². The first-order valence-corrected chi connectivity index (χ1v) is 6.03. The predicted octanol–water partition coefficient (Wildman–Crippen LogP) is -0.0509. The molecule has 0 bridgehead atoms. The second-order valence-electron chi connectivity index (χ2n) is 4.91. The minimum Gasteiger partial charge on any atom is -0.480 e. The number of aliphatic carboxylic acids is 1. The molecule has 2 N–H and O–H groups in total. The number of hydrogen-bond acceptors (Lipinski definition) is 3. The van der Waals surface area contributed by atoms with E-state index in [9.17, 15) is 9.59 Å². The summed E-state index contributed by atoms with van der Waals surface area (Å²) in [5.74, 6) is -0.992. The molecule has 2 aliphatic rings. The van der Waals surface area contributed by atoms with Crippen LogP contribution in [0.5, 0.6) is 0 Å². The van der Waals surface area contributed by atoms with E-state index < -0.39 is 5.97 Å². The summed E-state index contributed by atoms with van der Waals surface area (Å²) < 4.78 is 0. The third-order valence-corrected chi connectivity index (χ3v) is 3.33. The van der Waals surface area contributed by atoms with Gasteiger partial charge in [0.2, 0.25) is 0 Å². The first-order chi connectivity index (χ1) is 8.06. The van der Waals surface area contributed by atoms with Crippen LogP contribution in [0.15, 0.2) is 0 Å². The molecule has 1 atom stereocenters. The Hall–Kier alpha value is -1.30. The third kappa shape index (κ3) is 3.33. The summed E-state index contributed by atoms with van der Waals surface area (Å²) in [6.07, 6.45) is 3.52. The first-order valence-electron chi connectivity index (χ1n) is 6.03. The number of rotatable bonds is 4. The highest BCUT2D eigenvalue weighted by molar-refractivity contribution is 5.80. The Labute approximate surface area is 101 Å². The van der Waals surface area contributed by atoms with Crippen LogP contribution in [0.1, 0.15) is 19.3 Å². The lowest BCUT2D eigenvalue weighted by molar-refractivity contribution is -0.137. The van der Waals surface area contributed by atoms with Gasteiger partial charge in [0.1, 0.15) is 6.54 Å². The Morgan fingerprint density at radius 3 is 2.71 bits per heavy atom. The third-order valence-electron chi connectivity index (χ3n) is 3.33. The molecular weight excluding hydrogens is 222 g/mol. The van der Waals surface area contributed by atoms with E-state index in [-0.39, 0.29) is 18.6 Å². The minimum absolute atomic E-state index is 0.166. The van der Waals surface area contributed by atoms with Crippen molar-refractivity contribution >= 4 is 12.0 Å². The first kappa shape index (κ1) is 12.2. The molecule has 17 heavy (non-hydrogen) atoms. The molecule has 0 radical (unpaired) electrons. The molecule has 6 nitrogen and oxygen atoms in total. The molecule has 1 aliphatic carbocycles. The summed E-state index contributed by atoms with van der Waals surface area (Å²) in [4.78, 5) is 25.7. The lowest BCUT2D eigenvalue weighted by Gasteiger charge is -2.20. The van der Waals surface area contributed by atoms with Gasteiger partial charge in [-0.2, -0.15) is 0 Å². The Morgan fingerprint density at radius 1 is 1.41 bits per heavy atom. The van der Waals surface area contributed by atoms with Crippen LogP contribution in [0.2, 0.25) is 0 Å². The fourth-order valence-electron chi connectivity index (χ4n) is 2.24. The van der Waals surface area contributed by atoms with Crippen LogP contribution in [0.4, 0.5) is 4.79 Å². The Kier molecular flexibility index (Phi) is 3.51. The van der Waals surface area contributed by atoms with Gasteiger partial charge in [0.05, 0.1) is 0 Å². The van der Waals surface area contributed by atoms with Gasteiger partial charge in [-0.15, -0.1) is 0 Å². The van der Waals surface area contributed by atoms with Crippen molar-refractivity contribution in [3.05, 3.63) is 0 Å². The number of carbonyl (C=O) groups excluding carboxylic acids is 1. The van der Waals surface area contributed by atoms with Crippen molar-refractivity contribution in [2.45, 2.75) is 31.3 Å². The summed E-state index contributed by atoms with van der Waals surface area (Å²) in [6, 6.07) is 0.600. The van der Waals surface area contributed by atoms with Crippen molar-refractivity contribution in [3.8, 4) is 0 Å². The number of carbonyl (C=O) groups is 2. The molecule has 0 aromatic carbocycles. The number of carboxylic acids is 1. The monoisotopic (exact) mass is 241 g/mol. The number of amides is 2. The molecule has 2 fully saturated rings. The van der Waals surface area contributed by atoms with E-state index in [1.807, 2.05) is 0 Å². The molecular formula is C11H19N3O3. The second kappa shape index (κ2) is 4.91. The number of nitrogens with zero attached hydrogens (tertiary/aromatic N) is 2. The zero-order valence-corrected chi connectivity index (χ0v) is 10.1. The topological polar surface area (TPSA) is 72.9 Å². The molecule has 1 saturated carbocycles. The van der Waals surface area contributed by atoms with E-state index in [4.69, 9.17) is 5.11 Å². The standard InChI is InChI=1S/C11H19N3O3/c1-13(7-10(15)16)11(17)12-8-4-5-14(6-8)9-2-3-9/h8-9H,2-7H2,1H3,(H,12,17)(H,15,16). The van der Waals surface area contributed by atoms with E-state index in [1.54, 1.807) is 0 Å². The van der Waals surface area contributed by atoms with E-state index >= 15 is 0 Å². The average Bonchev–Trinajstić information content (AvgIpc) is 2.99. The largest absolute Gasteiger partial charge is 0.480 e. The van der Waals surface area contributed by atoms with Crippen LogP contribution in [0, 0.1) is 0 Å². The van der Waals surface area contributed by atoms with Crippen molar-refractivity contribution in [3.63, 3.8) is 0 Å². The quantitative estimate of drug-likeness (QED) is 0.723. The molecule has 2 amide bonds. The highest BCUT2D eigenvalue weighted by Crippen LogP contribution is 2.29. The fraction of sp³-hybridized carbons (Fsp3) is 0.818. The van der Waals surface area contributed by atoms with Crippen LogP contribution < -0.4 is 5.32 Å². The molecule has 1 saturated heterocycles. The molecule has 1 unspecified atom stereocenters. The maximum absolute atomic E-state index is 11.7. The van der Waals surface area contributed by atoms with Crippen LogP contribution >= 0.6 is 0 Å².